The Balaban J connectivity index is 2.17. The Morgan fingerprint density at radius 1 is 1.22 bits per heavy atom. The molecule has 0 aliphatic carbocycles. The molecule has 0 radical (unpaired) electrons. The van der Waals surface area contributed by atoms with Gasteiger partial charge in [-0.25, -0.2) is 0 Å². The largest absolute Gasteiger partial charge is 0.490 e. The number of benzene rings is 1. The average Bonchev–Trinajstić information content (AvgIpc) is 2.74. The monoisotopic (exact) mass is 321 g/mol. The molecule has 1 aromatic carbocycles. The highest BCUT2D eigenvalue weighted by atomic mass is 16.5. The lowest BCUT2D eigenvalue weighted by molar-refractivity contribution is -0.137. The molecule has 1 aliphatic rings. The van der Waals surface area contributed by atoms with Crippen molar-refractivity contribution in [3.05, 3.63) is 23.8 Å². The maximum atomic E-state index is 12.7. The number of carbonyl (C=O) groups is 2. The van der Waals surface area contributed by atoms with Gasteiger partial charge < -0.3 is 19.5 Å². The second-order valence-corrected chi connectivity index (χ2v) is 6.00. The molecule has 126 valence electrons. The van der Waals surface area contributed by atoms with Gasteiger partial charge in [0.25, 0.3) is 5.91 Å². The molecule has 23 heavy (non-hydrogen) atoms. The molecule has 0 spiro atoms. The third-order valence-corrected chi connectivity index (χ3v) is 3.46. The summed E-state index contributed by atoms with van der Waals surface area (Å²) >= 11 is 0. The van der Waals surface area contributed by atoms with Gasteiger partial charge in [0.1, 0.15) is 0 Å². The van der Waals surface area contributed by atoms with E-state index >= 15 is 0 Å². The summed E-state index contributed by atoms with van der Waals surface area (Å²) in [5.74, 6) is 0.366. The topological polar surface area (TPSA) is 76.1 Å². The smallest absolute Gasteiger partial charge is 0.305 e. The minimum Gasteiger partial charge on any atom is -0.490 e. The lowest BCUT2D eigenvalue weighted by Crippen LogP contribution is -2.36. The van der Waals surface area contributed by atoms with Gasteiger partial charge in [-0.2, -0.15) is 0 Å². The van der Waals surface area contributed by atoms with Crippen LogP contribution in [-0.2, 0) is 4.79 Å². The Bertz CT molecular complexity index is 570. The molecule has 6 nitrogen and oxygen atoms in total. The molecule has 0 saturated heterocycles. The summed E-state index contributed by atoms with van der Waals surface area (Å²) < 4.78 is 11.2. The number of carboxylic acids is 1. The Morgan fingerprint density at radius 2 is 1.91 bits per heavy atom. The maximum absolute atomic E-state index is 12.7. The first-order valence-corrected chi connectivity index (χ1v) is 7.88. The van der Waals surface area contributed by atoms with E-state index in [0.717, 1.165) is 6.42 Å². The molecule has 0 aromatic heterocycles. The van der Waals surface area contributed by atoms with Crippen molar-refractivity contribution >= 4 is 11.9 Å². The molecule has 1 N–H and O–H groups in total. The van der Waals surface area contributed by atoms with Gasteiger partial charge in [-0.05, 0) is 24.1 Å². The Morgan fingerprint density at radius 3 is 2.57 bits per heavy atom. The van der Waals surface area contributed by atoms with Crippen molar-refractivity contribution in [2.24, 2.45) is 5.92 Å². The number of amides is 1. The zero-order valence-corrected chi connectivity index (χ0v) is 13.6. The van der Waals surface area contributed by atoms with Crippen molar-refractivity contribution in [1.82, 2.24) is 4.90 Å². The molecule has 6 heteroatoms. The SMILES string of the molecule is CC(C)CN(CCC(=O)O)C(=O)c1ccc2c(c1)OCCCO2. The van der Waals surface area contributed by atoms with Crippen molar-refractivity contribution in [3.8, 4) is 11.5 Å². The van der Waals surface area contributed by atoms with Gasteiger partial charge in [0.05, 0.1) is 19.6 Å². The van der Waals surface area contributed by atoms with E-state index in [0.29, 0.717) is 36.8 Å². The van der Waals surface area contributed by atoms with Crippen LogP contribution in [0.2, 0.25) is 0 Å². The minimum absolute atomic E-state index is 0.0665. The van der Waals surface area contributed by atoms with Crippen molar-refractivity contribution in [1.29, 1.82) is 0 Å². The summed E-state index contributed by atoms with van der Waals surface area (Å²) in [6.45, 7) is 5.85. The van der Waals surface area contributed by atoms with E-state index in [2.05, 4.69) is 0 Å². The zero-order chi connectivity index (χ0) is 16.8. The quantitative estimate of drug-likeness (QED) is 0.871. The normalized spacial score (nSPS) is 13.5. The third-order valence-electron chi connectivity index (χ3n) is 3.46. The molecule has 0 saturated carbocycles. The summed E-state index contributed by atoms with van der Waals surface area (Å²) in [4.78, 5) is 25.1. The number of fused-ring (bicyclic) bond motifs is 1. The van der Waals surface area contributed by atoms with Crippen LogP contribution in [0.3, 0.4) is 0 Å². The fourth-order valence-electron chi connectivity index (χ4n) is 2.43. The summed E-state index contributed by atoms with van der Waals surface area (Å²) in [6.07, 6.45) is 0.735. The van der Waals surface area contributed by atoms with Crippen LogP contribution >= 0.6 is 0 Å². The van der Waals surface area contributed by atoms with E-state index in [4.69, 9.17) is 14.6 Å². The van der Waals surface area contributed by atoms with Crippen LogP contribution in [0.5, 0.6) is 11.5 Å². The molecule has 0 atom stereocenters. The molecule has 1 aromatic rings. The number of ether oxygens (including phenoxy) is 2. The number of rotatable bonds is 6. The average molecular weight is 321 g/mol. The predicted molar refractivity (Wildman–Crippen MR) is 85.0 cm³/mol. The highest BCUT2D eigenvalue weighted by molar-refractivity contribution is 5.95. The van der Waals surface area contributed by atoms with Crippen LogP contribution < -0.4 is 9.47 Å². The van der Waals surface area contributed by atoms with Crippen LogP contribution in [0, 0.1) is 5.92 Å². The molecule has 2 rings (SSSR count). The first-order valence-electron chi connectivity index (χ1n) is 7.88. The molecular weight excluding hydrogens is 298 g/mol. The van der Waals surface area contributed by atoms with Gasteiger partial charge >= 0.3 is 5.97 Å². The van der Waals surface area contributed by atoms with E-state index in [1.54, 1.807) is 23.1 Å². The summed E-state index contributed by atoms with van der Waals surface area (Å²) in [5.41, 5.74) is 0.486. The first-order chi connectivity index (χ1) is 11.0. The van der Waals surface area contributed by atoms with E-state index in [1.165, 1.54) is 0 Å². The molecule has 0 bridgehead atoms. The maximum Gasteiger partial charge on any atom is 0.305 e. The number of hydrogen-bond acceptors (Lipinski definition) is 4. The van der Waals surface area contributed by atoms with Crippen molar-refractivity contribution in [2.75, 3.05) is 26.3 Å². The van der Waals surface area contributed by atoms with Gasteiger partial charge in [0.15, 0.2) is 11.5 Å². The summed E-state index contributed by atoms with van der Waals surface area (Å²) in [6, 6.07) is 5.11. The van der Waals surface area contributed by atoms with Crippen LogP contribution in [-0.4, -0.2) is 48.2 Å². The van der Waals surface area contributed by atoms with Gasteiger partial charge in [0, 0.05) is 25.1 Å². The lowest BCUT2D eigenvalue weighted by Gasteiger charge is -2.24. The third kappa shape index (κ3) is 4.87. The minimum atomic E-state index is -0.912. The number of carbonyl (C=O) groups excluding carboxylic acids is 1. The molecule has 1 heterocycles. The number of aliphatic carboxylic acids is 1. The van der Waals surface area contributed by atoms with E-state index in [9.17, 15) is 9.59 Å². The molecule has 1 amide bonds. The highest BCUT2D eigenvalue weighted by Gasteiger charge is 2.20. The lowest BCUT2D eigenvalue weighted by atomic mass is 10.1. The van der Waals surface area contributed by atoms with Crippen LogP contribution in [0.4, 0.5) is 0 Å². The van der Waals surface area contributed by atoms with Crippen LogP contribution in [0.1, 0.15) is 37.0 Å². The molecule has 0 fully saturated rings. The fraction of sp³-hybridized carbons (Fsp3) is 0.529. The van der Waals surface area contributed by atoms with E-state index in [1.807, 2.05) is 13.8 Å². The Kier molecular flexibility index (Phi) is 5.84. The number of carboxylic acid groups (broad SMARTS) is 1. The summed E-state index contributed by atoms with van der Waals surface area (Å²) in [7, 11) is 0. The molecule has 0 unspecified atom stereocenters. The summed E-state index contributed by atoms with van der Waals surface area (Å²) in [5, 5.41) is 8.86. The second-order valence-electron chi connectivity index (χ2n) is 6.00. The van der Waals surface area contributed by atoms with Gasteiger partial charge in [-0.1, -0.05) is 13.8 Å². The van der Waals surface area contributed by atoms with Crippen molar-refractivity contribution in [2.45, 2.75) is 26.7 Å². The first kappa shape index (κ1) is 17.1. The molecular formula is C17H23NO5. The van der Waals surface area contributed by atoms with E-state index in [-0.39, 0.29) is 24.8 Å². The van der Waals surface area contributed by atoms with Crippen LogP contribution in [0.25, 0.3) is 0 Å². The Hall–Kier alpha value is -2.24. The molecule has 1 aliphatic heterocycles. The standard InChI is InChI=1S/C17H23NO5/c1-12(2)11-18(7-6-16(19)20)17(21)13-4-5-14-15(10-13)23-9-3-8-22-14/h4-5,10,12H,3,6-9,11H2,1-2H3,(H,19,20). The fourth-order valence-corrected chi connectivity index (χ4v) is 2.43. The van der Waals surface area contributed by atoms with Crippen LogP contribution in [0.15, 0.2) is 18.2 Å². The zero-order valence-electron chi connectivity index (χ0n) is 13.6. The van der Waals surface area contributed by atoms with Gasteiger partial charge in [-0.15, -0.1) is 0 Å². The van der Waals surface area contributed by atoms with E-state index < -0.39 is 5.97 Å². The number of hydrogen-bond donors (Lipinski definition) is 1. The van der Waals surface area contributed by atoms with Gasteiger partial charge in [0.2, 0.25) is 0 Å². The van der Waals surface area contributed by atoms with Crippen molar-refractivity contribution < 1.29 is 24.2 Å². The predicted octanol–water partition coefficient (Wildman–Crippen LogP) is 2.42. The highest BCUT2D eigenvalue weighted by Crippen LogP contribution is 2.30. The Labute approximate surface area is 136 Å². The van der Waals surface area contributed by atoms with Gasteiger partial charge in [-0.3, -0.25) is 9.59 Å². The van der Waals surface area contributed by atoms with Crippen molar-refractivity contribution in [3.63, 3.8) is 0 Å². The number of nitrogens with zero attached hydrogens (tertiary/aromatic N) is 1. The second kappa shape index (κ2) is 7.85.